The van der Waals surface area contributed by atoms with E-state index in [4.69, 9.17) is 9.26 Å². The first-order valence-corrected chi connectivity index (χ1v) is 6.49. The molecule has 112 valence electrons. The molecule has 1 amide bonds. The molecule has 1 atom stereocenters. The van der Waals surface area contributed by atoms with Gasteiger partial charge in [-0.15, -0.1) is 0 Å². The lowest BCUT2D eigenvalue weighted by molar-refractivity contribution is 0.0815. The Hall–Kier alpha value is -2.34. The summed E-state index contributed by atoms with van der Waals surface area (Å²) in [5.41, 5.74) is 1.41. The van der Waals surface area contributed by atoms with E-state index in [0.717, 1.165) is 5.56 Å². The minimum atomic E-state index is -0.914. The highest BCUT2D eigenvalue weighted by Crippen LogP contribution is 2.30. The number of aliphatic hydroxyl groups is 1. The molecular formula is C15H18N2O4. The van der Waals surface area contributed by atoms with Crippen LogP contribution in [0.15, 0.2) is 28.8 Å². The Balaban J connectivity index is 2.54. The number of aromatic nitrogens is 1. The smallest absolute Gasteiger partial charge is 0.259 e. The number of benzene rings is 1. The van der Waals surface area contributed by atoms with Gasteiger partial charge in [-0.05, 0) is 31.2 Å². The van der Waals surface area contributed by atoms with E-state index in [1.54, 1.807) is 45.5 Å². The van der Waals surface area contributed by atoms with Crippen molar-refractivity contribution in [1.29, 1.82) is 0 Å². The van der Waals surface area contributed by atoms with E-state index >= 15 is 0 Å². The van der Waals surface area contributed by atoms with Crippen LogP contribution >= 0.6 is 0 Å². The number of carbonyl (C=O) groups is 1. The molecule has 1 aromatic carbocycles. The number of methoxy groups -OCH3 is 1. The number of rotatable bonds is 4. The maximum atomic E-state index is 12.3. The quantitative estimate of drug-likeness (QED) is 0.933. The number of amides is 1. The lowest BCUT2D eigenvalue weighted by Gasteiger charge is -2.12. The van der Waals surface area contributed by atoms with E-state index in [0.29, 0.717) is 11.4 Å². The molecule has 0 aliphatic heterocycles. The highest BCUT2D eigenvalue weighted by molar-refractivity contribution is 6.00. The first-order chi connectivity index (χ1) is 9.95. The normalized spacial score (nSPS) is 12.0. The summed E-state index contributed by atoms with van der Waals surface area (Å²) in [6, 6.07) is 7.12. The second kappa shape index (κ2) is 5.97. The number of aliphatic hydroxyl groups excluding tert-OH is 1. The van der Waals surface area contributed by atoms with Gasteiger partial charge in [0.05, 0.1) is 7.11 Å². The first kappa shape index (κ1) is 15.1. The molecule has 0 saturated heterocycles. The summed E-state index contributed by atoms with van der Waals surface area (Å²) in [5, 5.41) is 13.7. The Bertz CT molecular complexity index is 630. The number of nitrogens with zero attached hydrogens (tertiary/aromatic N) is 2. The topological polar surface area (TPSA) is 75.8 Å². The van der Waals surface area contributed by atoms with Crippen LogP contribution in [0.1, 0.15) is 29.1 Å². The van der Waals surface area contributed by atoms with Crippen molar-refractivity contribution in [2.45, 2.75) is 13.0 Å². The molecule has 0 unspecified atom stereocenters. The van der Waals surface area contributed by atoms with Crippen molar-refractivity contribution in [3.8, 4) is 17.0 Å². The van der Waals surface area contributed by atoms with Crippen LogP contribution in [0.4, 0.5) is 0 Å². The van der Waals surface area contributed by atoms with Gasteiger partial charge in [-0.25, -0.2) is 0 Å². The number of carbonyl (C=O) groups excluding carboxylic acids is 1. The van der Waals surface area contributed by atoms with Crippen LogP contribution in [0.25, 0.3) is 11.3 Å². The standard InChI is InChI=1S/C15H18N2O4/c1-9(18)14-12(15(19)17(2)3)13(16-21-14)10-5-7-11(20-4)8-6-10/h5-9,18H,1-4H3/t9-/m0/s1. The number of hydrogen-bond acceptors (Lipinski definition) is 5. The summed E-state index contributed by atoms with van der Waals surface area (Å²) >= 11 is 0. The molecular weight excluding hydrogens is 272 g/mol. The molecule has 0 saturated carbocycles. The van der Waals surface area contributed by atoms with E-state index in [1.807, 2.05) is 0 Å². The van der Waals surface area contributed by atoms with E-state index in [2.05, 4.69) is 5.16 Å². The van der Waals surface area contributed by atoms with Gasteiger partial charge in [-0.2, -0.15) is 0 Å². The molecule has 6 nitrogen and oxygen atoms in total. The van der Waals surface area contributed by atoms with Gasteiger partial charge in [0, 0.05) is 19.7 Å². The summed E-state index contributed by atoms with van der Waals surface area (Å²) in [6.07, 6.45) is -0.914. The molecule has 0 aliphatic carbocycles. The SMILES string of the molecule is COc1ccc(-c2noc([C@H](C)O)c2C(=O)N(C)C)cc1. The average molecular weight is 290 g/mol. The number of ether oxygens (including phenoxy) is 1. The maximum absolute atomic E-state index is 12.3. The second-order valence-corrected chi connectivity index (χ2v) is 4.87. The molecule has 0 aliphatic rings. The van der Waals surface area contributed by atoms with Crippen molar-refractivity contribution >= 4 is 5.91 Å². The highest BCUT2D eigenvalue weighted by Gasteiger charge is 2.27. The van der Waals surface area contributed by atoms with Crippen LogP contribution in [0.3, 0.4) is 0 Å². The Labute approximate surface area is 122 Å². The zero-order valence-electron chi connectivity index (χ0n) is 12.5. The molecule has 0 spiro atoms. The molecule has 2 rings (SSSR count). The highest BCUT2D eigenvalue weighted by atomic mass is 16.5. The number of hydrogen-bond donors (Lipinski definition) is 1. The van der Waals surface area contributed by atoms with E-state index in [1.165, 1.54) is 11.8 Å². The van der Waals surface area contributed by atoms with Gasteiger partial charge in [0.1, 0.15) is 23.1 Å². The maximum Gasteiger partial charge on any atom is 0.259 e. The van der Waals surface area contributed by atoms with Gasteiger partial charge in [-0.1, -0.05) is 5.16 Å². The second-order valence-electron chi connectivity index (χ2n) is 4.87. The van der Waals surface area contributed by atoms with E-state index in [-0.39, 0.29) is 17.2 Å². The predicted molar refractivity (Wildman–Crippen MR) is 77.1 cm³/mol. The Kier molecular flexibility index (Phi) is 4.28. The van der Waals surface area contributed by atoms with Gasteiger partial charge in [0.15, 0.2) is 5.76 Å². The third-order valence-corrected chi connectivity index (χ3v) is 3.08. The largest absolute Gasteiger partial charge is 0.497 e. The fourth-order valence-corrected chi connectivity index (χ4v) is 1.96. The van der Waals surface area contributed by atoms with E-state index < -0.39 is 6.10 Å². The molecule has 1 N–H and O–H groups in total. The van der Waals surface area contributed by atoms with Gasteiger partial charge in [-0.3, -0.25) is 4.79 Å². The zero-order valence-corrected chi connectivity index (χ0v) is 12.5. The molecule has 1 aromatic heterocycles. The summed E-state index contributed by atoms with van der Waals surface area (Å²) < 4.78 is 10.3. The minimum absolute atomic E-state index is 0.166. The minimum Gasteiger partial charge on any atom is -0.497 e. The lowest BCUT2D eigenvalue weighted by Crippen LogP contribution is -2.23. The first-order valence-electron chi connectivity index (χ1n) is 6.49. The van der Waals surface area contributed by atoms with Crippen molar-refractivity contribution < 1.29 is 19.2 Å². The molecule has 0 fully saturated rings. The van der Waals surface area contributed by atoms with Gasteiger partial charge in [0.2, 0.25) is 0 Å². The average Bonchev–Trinajstić information content (AvgIpc) is 2.91. The van der Waals surface area contributed by atoms with Crippen molar-refractivity contribution in [3.05, 3.63) is 35.6 Å². The zero-order chi connectivity index (χ0) is 15.6. The Morgan fingerprint density at radius 1 is 1.33 bits per heavy atom. The Morgan fingerprint density at radius 2 is 1.95 bits per heavy atom. The fourth-order valence-electron chi connectivity index (χ4n) is 1.96. The van der Waals surface area contributed by atoms with Crippen LogP contribution in [0, 0.1) is 0 Å². The van der Waals surface area contributed by atoms with Crippen molar-refractivity contribution in [3.63, 3.8) is 0 Å². The summed E-state index contributed by atoms with van der Waals surface area (Å²) in [7, 11) is 4.86. The van der Waals surface area contributed by atoms with Crippen molar-refractivity contribution in [1.82, 2.24) is 10.1 Å². The van der Waals surface area contributed by atoms with E-state index in [9.17, 15) is 9.90 Å². The van der Waals surface area contributed by atoms with Crippen LogP contribution < -0.4 is 4.74 Å². The molecule has 0 radical (unpaired) electrons. The predicted octanol–water partition coefficient (Wildman–Crippen LogP) is 2.11. The Morgan fingerprint density at radius 3 is 2.43 bits per heavy atom. The van der Waals surface area contributed by atoms with Crippen LogP contribution in [0.2, 0.25) is 0 Å². The van der Waals surface area contributed by atoms with Crippen LogP contribution in [-0.2, 0) is 0 Å². The summed E-state index contributed by atoms with van der Waals surface area (Å²) in [4.78, 5) is 13.8. The van der Waals surface area contributed by atoms with Crippen LogP contribution in [-0.4, -0.2) is 42.3 Å². The van der Waals surface area contributed by atoms with Crippen molar-refractivity contribution in [2.75, 3.05) is 21.2 Å². The summed E-state index contributed by atoms with van der Waals surface area (Å²) in [6.45, 7) is 1.53. The van der Waals surface area contributed by atoms with Gasteiger partial charge in [0.25, 0.3) is 5.91 Å². The third-order valence-electron chi connectivity index (χ3n) is 3.08. The molecule has 2 aromatic rings. The monoisotopic (exact) mass is 290 g/mol. The van der Waals surface area contributed by atoms with Crippen LogP contribution in [0.5, 0.6) is 5.75 Å². The molecule has 6 heteroatoms. The molecule has 21 heavy (non-hydrogen) atoms. The molecule has 1 heterocycles. The third kappa shape index (κ3) is 2.90. The van der Waals surface area contributed by atoms with Gasteiger partial charge >= 0.3 is 0 Å². The molecule has 0 bridgehead atoms. The fraction of sp³-hybridized carbons (Fsp3) is 0.333. The van der Waals surface area contributed by atoms with Gasteiger partial charge < -0.3 is 19.3 Å². The lowest BCUT2D eigenvalue weighted by atomic mass is 10.0. The van der Waals surface area contributed by atoms with Crippen molar-refractivity contribution in [2.24, 2.45) is 0 Å². The summed E-state index contributed by atoms with van der Waals surface area (Å²) in [5.74, 6) is 0.607.